The summed E-state index contributed by atoms with van der Waals surface area (Å²) in [5.74, 6) is 0. The Morgan fingerprint density at radius 1 is 0.250 bits per heavy atom. The van der Waals surface area contributed by atoms with Crippen LogP contribution < -0.4 is 4.90 Å². The Kier molecular flexibility index (Phi) is 9.20. The van der Waals surface area contributed by atoms with Gasteiger partial charge in [-0.15, -0.1) is 0 Å². The summed E-state index contributed by atoms with van der Waals surface area (Å²) in [6, 6.07) is 92.7. The molecule has 0 fully saturated rings. The average molecular weight is 815 g/mol. The van der Waals surface area contributed by atoms with Crippen LogP contribution in [0.5, 0.6) is 0 Å². The molecule has 1 heterocycles. The summed E-state index contributed by atoms with van der Waals surface area (Å²) in [6.45, 7) is 0. The lowest BCUT2D eigenvalue weighted by Gasteiger charge is -2.29. The first-order valence-electron chi connectivity index (χ1n) is 22.0. The molecule has 300 valence electrons. The molecular weight excluding hydrogens is 773 g/mol. The highest BCUT2D eigenvalue weighted by atomic mass is 15.1. The van der Waals surface area contributed by atoms with Crippen LogP contribution >= 0.6 is 0 Å². The van der Waals surface area contributed by atoms with Crippen LogP contribution in [0.3, 0.4) is 0 Å². The van der Waals surface area contributed by atoms with Crippen molar-refractivity contribution in [2.24, 2.45) is 0 Å². The fourth-order valence-corrected chi connectivity index (χ4v) is 9.88. The van der Waals surface area contributed by atoms with E-state index in [0.29, 0.717) is 0 Å². The molecule has 0 aliphatic rings. The van der Waals surface area contributed by atoms with Gasteiger partial charge in [-0.25, -0.2) is 0 Å². The number of fused-ring (bicyclic) bond motifs is 5. The van der Waals surface area contributed by atoms with Gasteiger partial charge in [-0.2, -0.15) is 0 Å². The molecule has 0 aliphatic heterocycles. The number of para-hydroxylation sites is 3. The van der Waals surface area contributed by atoms with Gasteiger partial charge in [0.05, 0.1) is 16.7 Å². The molecule has 12 aromatic rings. The van der Waals surface area contributed by atoms with Crippen LogP contribution in [0.2, 0.25) is 0 Å². The summed E-state index contributed by atoms with van der Waals surface area (Å²) in [6.07, 6.45) is 0. The molecule has 1 aromatic heterocycles. The van der Waals surface area contributed by atoms with Crippen molar-refractivity contribution < 1.29 is 0 Å². The molecule has 0 aliphatic carbocycles. The Labute approximate surface area is 373 Å². The second-order valence-corrected chi connectivity index (χ2v) is 16.4. The standard InChI is InChI=1S/C62H42N2/c1-4-17-43(18-5-1)45-31-35-47(36-32-45)60-54-25-10-11-26-55(54)61(48-37-33-46(34-38-48)44-19-6-2-7-20-44)62-56(60)27-16-30-59(62)63(49-21-8-3-9-22-49)50-39-41-51(42-40-50)64-57-28-14-12-23-52(57)53-24-13-15-29-58(53)64/h1-42H. The summed E-state index contributed by atoms with van der Waals surface area (Å²) in [5.41, 5.74) is 16.4. The summed E-state index contributed by atoms with van der Waals surface area (Å²) >= 11 is 0. The first kappa shape index (κ1) is 37.3. The van der Waals surface area contributed by atoms with Gasteiger partial charge in [0, 0.05) is 33.2 Å². The Hall–Kier alpha value is -8.46. The van der Waals surface area contributed by atoms with E-state index in [1.807, 2.05) is 0 Å². The number of anilines is 3. The first-order valence-corrected chi connectivity index (χ1v) is 22.0. The van der Waals surface area contributed by atoms with E-state index in [-0.39, 0.29) is 0 Å². The Morgan fingerprint density at radius 3 is 1.19 bits per heavy atom. The fourth-order valence-electron chi connectivity index (χ4n) is 9.88. The zero-order valence-electron chi connectivity index (χ0n) is 35.1. The lowest BCUT2D eigenvalue weighted by atomic mass is 9.84. The van der Waals surface area contributed by atoms with Crippen LogP contribution in [0.15, 0.2) is 255 Å². The Bertz CT molecular complexity index is 3560. The van der Waals surface area contributed by atoms with E-state index in [1.165, 1.54) is 87.9 Å². The lowest BCUT2D eigenvalue weighted by Crippen LogP contribution is -2.11. The number of hydrogen-bond acceptors (Lipinski definition) is 1. The first-order chi connectivity index (χ1) is 31.8. The van der Waals surface area contributed by atoms with Gasteiger partial charge in [0.15, 0.2) is 0 Å². The summed E-state index contributed by atoms with van der Waals surface area (Å²) in [5, 5.41) is 7.35. The van der Waals surface area contributed by atoms with Crippen molar-refractivity contribution in [3.05, 3.63) is 255 Å². The van der Waals surface area contributed by atoms with E-state index < -0.39 is 0 Å². The normalized spacial score (nSPS) is 11.4. The minimum absolute atomic E-state index is 1.08. The van der Waals surface area contributed by atoms with Crippen molar-refractivity contribution in [1.29, 1.82) is 0 Å². The number of aromatic nitrogens is 1. The fraction of sp³-hybridized carbons (Fsp3) is 0. The third kappa shape index (κ3) is 6.35. The van der Waals surface area contributed by atoms with Gasteiger partial charge in [0.25, 0.3) is 0 Å². The van der Waals surface area contributed by atoms with Gasteiger partial charge in [0.1, 0.15) is 0 Å². The van der Waals surface area contributed by atoms with Crippen LogP contribution in [-0.2, 0) is 0 Å². The maximum Gasteiger partial charge on any atom is 0.0546 e. The molecule has 0 saturated carbocycles. The van der Waals surface area contributed by atoms with Crippen molar-refractivity contribution in [1.82, 2.24) is 4.57 Å². The van der Waals surface area contributed by atoms with Crippen molar-refractivity contribution in [2.45, 2.75) is 0 Å². The minimum Gasteiger partial charge on any atom is -0.310 e. The topological polar surface area (TPSA) is 8.17 Å². The smallest absolute Gasteiger partial charge is 0.0546 e. The molecule has 0 spiro atoms. The van der Waals surface area contributed by atoms with E-state index in [9.17, 15) is 0 Å². The van der Waals surface area contributed by atoms with Crippen LogP contribution in [0.1, 0.15) is 0 Å². The zero-order chi connectivity index (χ0) is 42.4. The molecule has 0 N–H and O–H groups in total. The number of nitrogens with zero attached hydrogens (tertiary/aromatic N) is 2. The third-order valence-electron chi connectivity index (χ3n) is 12.8. The molecule has 0 atom stereocenters. The maximum atomic E-state index is 2.44. The molecule has 0 bridgehead atoms. The van der Waals surface area contributed by atoms with Crippen LogP contribution in [0.4, 0.5) is 17.1 Å². The van der Waals surface area contributed by atoms with E-state index in [4.69, 9.17) is 0 Å². The predicted molar refractivity (Wildman–Crippen MR) is 272 cm³/mol. The molecule has 0 unspecified atom stereocenters. The van der Waals surface area contributed by atoms with Crippen molar-refractivity contribution in [3.63, 3.8) is 0 Å². The third-order valence-corrected chi connectivity index (χ3v) is 12.8. The van der Waals surface area contributed by atoms with E-state index >= 15 is 0 Å². The van der Waals surface area contributed by atoms with Crippen LogP contribution in [-0.4, -0.2) is 4.57 Å². The van der Waals surface area contributed by atoms with Crippen LogP contribution in [0, 0.1) is 0 Å². The number of hydrogen-bond donors (Lipinski definition) is 0. The minimum atomic E-state index is 1.08. The molecule has 0 amide bonds. The molecule has 2 nitrogen and oxygen atoms in total. The SMILES string of the molecule is c1ccc(-c2ccc(-c3c4ccccc4c(-c4ccc(-c5ccccc5)cc4)c4c(N(c5ccccc5)c5ccc(-n6c7ccccc7c7ccccc76)cc5)cccc34)cc2)cc1. The van der Waals surface area contributed by atoms with E-state index in [2.05, 4.69) is 264 Å². The Morgan fingerprint density at radius 2 is 0.641 bits per heavy atom. The highest BCUT2D eigenvalue weighted by Crippen LogP contribution is 2.50. The molecule has 11 aromatic carbocycles. The Balaban J connectivity index is 1.11. The second-order valence-electron chi connectivity index (χ2n) is 16.4. The van der Waals surface area contributed by atoms with Gasteiger partial charge in [-0.05, 0) is 115 Å². The van der Waals surface area contributed by atoms with Gasteiger partial charge in [-0.3, -0.25) is 0 Å². The van der Waals surface area contributed by atoms with Crippen molar-refractivity contribution in [3.8, 4) is 50.2 Å². The predicted octanol–water partition coefficient (Wildman–Crippen LogP) is 17.2. The van der Waals surface area contributed by atoms with Gasteiger partial charge in [-0.1, -0.05) is 200 Å². The van der Waals surface area contributed by atoms with Crippen molar-refractivity contribution in [2.75, 3.05) is 4.90 Å². The van der Waals surface area contributed by atoms with E-state index in [0.717, 1.165) is 22.7 Å². The van der Waals surface area contributed by atoms with Crippen LogP contribution in [0.25, 0.3) is 93.5 Å². The molecular formula is C62H42N2. The zero-order valence-corrected chi connectivity index (χ0v) is 35.1. The number of rotatable bonds is 8. The quantitative estimate of drug-likeness (QED) is 0.139. The highest BCUT2D eigenvalue weighted by Gasteiger charge is 2.24. The molecule has 0 saturated heterocycles. The lowest BCUT2D eigenvalue weighted by molar-refractivity contribution is 1.17. The second kappa shape index (κ2) is 15.8. The van der Waals surface area contributed by atoms with Gasteiger partial charge in [0.2, 0.25) is 0 Å². The molecule has 0 radical (unpaired) electrons. The van der Waals surface area contributed by atoms with E-state index in [1.54, 1.807) is 0 Å². The average Bonchev–Trinajstić information content (AvgIpc) is 3.71. The summed E-state index contributed by atoms with van der Waals surface area (Å²) in [4.78, 5) is 2.44. The molecule has 64 heavy (non-hydrogen) atoms. The highest BCUT2D eigenvalue weighted by molar-refractivity contribution is 6.25. The summed E-state index contributed by atoms with van der Waals surface area (Å²) in [7, 11) is 0. The van der Waals surface area contributed by atoms with Crippen molar-refractivity contribution >= 4 is 60.4 Å². The molecule has 2 heteroatoms. The maximum absolute atomic E-state index is 2.44. The monoisotopic (exact) mass is 814 g/mol. The largest absolute Gasteiger partial charge is 0.310 e. The van der Waals surface area contributed by atoms with Gasteiger partial charge >= 0.3 is 0 Å². The molecule has 12 rings (SSSR count). The van der Waals surface area contributed by atoms with Gasteiger partial charge < -0.3 is 9.47 Å². The number of benzene rings is 11. The summed E-state index contributed by atoms with van der Waals surface area (Å²) < 4.78 is 2.39.